The average Bonchev–Trinajstić information content (AvgIpc) is 2.53. The van der Waals surface area contributed by atoms with E-state index in [9.17, 15) is 0 Å². The second-order valence-corrected chi connectivity index (χ2v) is 4.94. The third kappa shape index (κ3) is 0.658. The van der Waals surface area contributed by atoms with Gasteiger partial charge in [0, 0.05) is 5.54 Å². The normalized spacial score (nSPS) is 60.3. The molecule has 1 heteroatoms. The van der Waals surface area contributed by atoms with Crippen LogP contribution in [0.15, 0.2) is 0 Å². The lowest BCUT2D eigenvalue weighted by atomic mass is 9.78. The van der Waals surface area contributed by atoms with E-state index < -0.39 is 0 Å². The monoisotopic (exact) mass is 151 g/mol. The van der Waals surface area contributed by atoms with E-state index >= 15 is 0 Å². The summed E-state index contributed by atoms with van der Waals surface area (Å²) in [5.74, 6) is 3.02. The highest BCUT2D eigenvalue weighted by Gasteiger charge is 2.56. The Balaban J connectivity index is 1.98. The second kappa shape index (κ2) is 1.82. The van der Waals surface area contributed by atoms with Crippen molar-refractivity contribution in [2.45, 2.75) is 44.1 Å². The van der Waals surface area contributed by atoms with E-state index in [0.717, 1.165) is 17.8 Å². The van der Waals surface area contributed by atoms with Gasteiger partial charge in [0.25, 0.3) is 0 Å². The van der Waals surface area contributed by atoms with Gasteiger partial charge in [-0.15, -0.1) is 0 Å². The van der Waals surface area contributed by atoms with Gasteiger partial charge < -0.3 is 5.73 Å². The lowest BCUT2D eigenvalue weighted by Gasteiger charge is -2.32. The quantitative estimate of drug-likeness (QED) is 0.562. The number of nitrogens with two attached hydrogens (primary N) is 1. The summed E-state index contributed by atoms with van der Waals surface area (Å²) in [6, 6.07) is 0. The van der Waals surface area contributed by atoms with E-state index in [-0.39, 0.29) is 0 Å². The van der Waals surface area contributed by atoms with Crippen molar-refractivity contribution in [1.29, 1.82) is 0 Å². The lowest BCUT2D eigenvalue weighted by molar-refractivity contribution is 0.229. The average molecular weight is 151 g/mol. The van der Waals surface area contributed by atoms with Crippen LogP contribution in [0.4, 0.5) is 0 Å². The molecule has 0 radical (unpaired) electrons. The molecule has 3 aliphatic rings. The van der Waals surface area contributed by atoms with Crippen LogP contribution in [0.5, 0.6) is 0 Å². The highest BCUT2D eigenvalue weighted by molar-refractivity contribution is 5.11. The second-order valence-electron chi connectivity index (χ2n) is 4.94. The summed E-state index contributed by atoms with van der Waals surface area (Å²) >= 11 is 0. The summed E-state index contributed by atoms with van der Waals surface area (Å²) in [6.07, 6.45) is 8.54. The zero-order valence-corrected chi connectivity index (χ0v) is 7.05. The maximum Gasteiger partial charge on any atom is 0.0188 e. The largest absolute Gasteiger partial charge is 0.325 e. The molecule has 0 spiro atoms. The first-order valence-corrected chi connectivity index (χ1v) is 5.08. The zero-order valence-electron chi connectivity index (χ0n) is 7.05. The maximum absolute atomic E-state index is 6.39. The molecule has 0 saturated heterocycles. The topological polar surface area (TPSA) is 26.0 Å². The van der Waals surface area contributed by atoms with Crippen LogP contribution < -0.4 is 5.73 Å². The van der Waals surface area contributed by atoms with Crippen molar-refractivity contribution in [3.63, 3.8) is 0 Å². The fourth-order valence-electron chi connectivity index (χ4n) is 4.12. The van der Waals surface area contributed by atoms with E-state index in [1.54, 1.807) is 0 Å². The summed E-state index contributed by atoms with van der Waals surface area (Å²) in [6.45, 7) is 0. The minimum absolute atomic E-state index is 0.311. The summed E-state index contributed by atoms with van der Waals surface area (Å²) in [4.78, 5) is 0. The highest BCUT2D eigenvalue weighted by Crippen LogP contribution is 2.59. The Bertz CT molecular complexity index is 189. The van der Waals surface area contributed by atoms with Crippen LogP contribution in [-0.4, -0.2) is 5.54 Å². The Hall–Kier alpha value is -0.0400. The van der Waals surface area contributed by atoms with Gasteiger partial charge in [0.15, 0.2) is 0 Å². The number of rotatable bonds is 0. The Morgan fingerprint density at radius 1 is 1.18 bits per heavy atom. The molecule has 62 valence electrons. The van der Waals surface area contributed by atoms with Crippen molar-refractivity contribution in [2.75, 3.05) is 0 Å². The van der Waals surface area contributed by atoms with Crippen molar-refractivity contribution in [3.05, 3.63) is 0 Å². The van der Waals surface area contributed by atoms with Crippen LogP contribution in [0.1, 0.15) is 38.5 Å². The molecule has 3 fully saturated rings. The van der Waals surface area contributed by atoms with E-state index in [1.807, 2.05) is 0 Å². The molecule has 2 N–H and O–H groups in total. The minimum Gasteiger partial charge on any atom is -0.325 e. The molecule has 0 aromatic rings. The fourth-order valence-corrected chi connectivity index (χ4v) is 4.12. The molecule has 3 saturated carbocycles. The number of hydrogen-bond donors (Lipinski definition) is 1. The van der Waals surface area contributed by atoms with Crippen LogP contribution >= 0.6 is 0 Å². The van der Waals surface area contributed by atoms with Crippen LogP contribution in [0.25, 0.3) is 0 Å². The van der Waals surface area contributed by atoms with E-state index in [2.05, 4.69) is 0 Å². The third-order valence-electron chi connectivity index (χ3n) is 4.54. The highest BCUT2D eigenvalue weighted by atomic mass is 14.8. The predicted molar refractivity (Wildman–Crippen MR) is 45.1 cm³/mol. The van der Waals surface area contributed by atoms with Gasteiger partial charge in [-0.1, -0.05) is 6.42 Å². The van der Waals surface area contributed by atoms with Gasteiger partial charge in [-0.3, -0.25) is 0 Å². The summed E-state index contributed by atoms with van der Waals surface area (Å²) in [5, 5.41) is 0. The molecule has 0 aliphatic heterocycles. The molecule has 4 atom stereocenters. The molecular weight excluding hydrogens is 134 g/mol. The Morgan fingerprint density at radius 2 is 2.09 bits per heavy atom. The minimum atomic E-state index is 0.311. The predicted octanol–water partition coefficient (Wildman–Crippen LogP) is 1.91. The molecule has 1 nitrogen and oxygen atoms in total. The third-order valence-corrected chi connectivity index (χ3v) is 4.54. The molecule has 2 bridgehead atoms. The van der Waals surface area contributed by atoms with Gasteiger partial charge in [0.1, 0.15) is 0 Å². The summed E-state index contributed by atoms with van der Waals surface area (Å²) in [5.41, 5.74) is 6.70. The van der Waals surface area contributed by atoms with E-state index in [4.69, 9.17) is 5.73 Å². The first kappa shape index (κ1) is 6.47. The van der Waals surface area contributed by atoms with Crippen LogP contribution in [0, 0.1) is 17.8 Å². The van der Waals surface area contributed by atoms with Crippen molar-refractivity contribution < 1.29 is 0 Å². The Morgan fingerprint density at radius 3 is 2.91 bits per heavy atom. The van der Waals surface area contributed by atoms with Crippen molar-refractivity contribution in [2.24, 2.45) is 23.5 Å². The molecule has 11 heavy (non-hydrogen) atoms. The van der Waals surface area contributed by atoms with Gasteiger partial charge in [0.2, 0.25) is 0 Å². The SMILES string of the molecule is NC12CCC(C1)[C@@H]1CCCC12. The molecule has 0 amide bonds. The lowest BCUT2D eigenvalue weighted by Crippen LogP contribution is -2.43. The van der Waals surface area contributed by atoms with Crippen LogP contribution in [-0.2, 0) is 0 Å². The van der Waals surface area contributed by atoms with Gasteiger partial charge in [-0.2, -0.15) is 0 Å². The molecule has 0 aromatic carbocycles. The maximum atomic E-state index is 6.39. The fraction of sp³-hybridized carbons (Fsp3) is 1.00. The Labute approximate surface area is 68.3 Å². The standard InChI is InChI=1S/C10H17N/c11-10-5-4-7(6-10)8-2-1-3-9(8)10/h7-9H,1-6,11H2/t7?,8-,9?,10?/m0/s1. The molecule has 0 heterocycles. The molecule has 3 aliphatic carbocycles. The van der Waals surface area contributed by atoms with E-state index in [0.29, 0.717) is 5.54 Å². The van der Waals surface area contributed by atoms with Crippen LogP contribution in [0.2, 0.25) is 0 Å². The molecule has 0 aromatic heterocycles. The molecule has 3 unspecified atom stereocenters. The van der Waals surface area contributed by atoms with Crippen molar-refractivity contribution in [1.82, 2.24) is 0 Å². The van der Waals surface area contributed by atoms with Crippen molar-refractivity contribution in [3.8, 4) is 0 Å². The number of hydrogen-bond acceptors (Lipinski definition) is 1. The molecular formula is C10H17N. The first-order valence-electron chi connectivity index (χ1n) is 5.08. The number of fused-ring (bicyclic) bond motifs is 5. The Kier molecular flexibility index (Phi) is 1.07. The zero-order chi connectivity index (χ0) is 7.47. The van der Waals surface area contributed by atoms with Gasteiger partial charge in [-0.05, 0) is 49.9 Å². The summed E-state index contributed by atoms with van der Waals surface area (Å²) in [7, 11) is 0. The smallest absolute Gasteiger partial charge is 0.0188 e. The molecule has 3 rings (SSSR count). The summed E-state index contributed by atoms with van der Waals surface area (Å²) < 4.78 is 0. The van der Waals surface area contributed by atoms with E-state index in [1.165, 1.54) is 38.5 Å². The van der Waals surface area contributed by atoms with Crippen molar-refractivity contribution >= 4 is 0 Å². The van der Waals surface area contributed by atoms with Crippen LogP contribution in [0.3, 0.4) is 0 Å². The van der Waals surface area contributed by atoms with Gasteiger partial charge in [-0.25, -0.2) is 0 Å². The first-order chi connectivity index (χ1) is 5.30. The van der Waals surface area contributed by atoms with Gasteiger partial charge >= 0.3 is 0 Å². The van der Waals surface area contributed by atoms with Gasteiger partial charge in [0.05, 0.1) is 0 Å².